The molecule has 0 saturated heterocycles. The molecule has 0 heterocycles. The number of hydrogen-bond acceptors (Lipinski definition) is 5. The second kappa shape index (κ2) is 7.83. The van der Waals surface area contributed by atoms with Crippen molar-refractivity contribution < 1.29 is 22.7 Å². The average Bonchev–Trinajstić information content (AvgIpc) is 2.56. The predicted octanol–water partition coefficient (Wildman–Crippen LogP) is 2.81. The van der Waals surface area contributed by atoms with Crippen molar-refractivity contribution in [2.24, 2.45) is 0 Å². The second-order valence-electron chi connectivity index (χ2n) is 5.01. The molecule has 1 N–H and O–H groups in total. The topological polar surface area (TPSA) is 81.7 Å². The minimum absolute atomic E-state index is 0.193. The highest BCUT2D eigenvalue weighted by molar-refractivity contribution is 7.91. The van der Waals surface area contributed by atoms with Gasteiger partial charge in [-0.3, -0.25) is 4.72 Å². The molecule has 0 radical (unpaired) electrons. The van der Waals surface area contributed by atoms with Gasteiger partial charge in [-0.25, -0.2) is 13.2 Å². The summed E-state index contributed by atoms with van der Waals surface area (Å²) in [5.41, 5.74) is 1.41. The zero-order chi connectivity index (χ0) is 17.6. The van der Waals surface area contributed by atoms with Gasteiger partial charge in [0.25, 0.3) is 0 Å². The van der Waals surface area contributed by atoms with Crippen molar-refractivity contribution in [2.75, 3.05) is 18.4 Å². The summed E-state index contributed by atoms with van der Waals surface area (Å²) in [6.07, 6.45) is 0. The number of benzene rings is 2. The van der Waals surface area contributed by atoms with E-state index in [1.54, 1.807) is 36.4 Å². The van der Waals surface area contributed by atoms with Crippen LogP contribution in [-0.2, 0) is 20.5 Å². The Morgan fingerprint density at radius 3 is 2.21 bits per heavy atom. The van der Waals surface area contributed by atoms with Crippen LogP contribution in [0.2, 0.25) is 0 Å². The third-order valence-corrected chi connectivity index (χ3v) is 4.43. The van der Waals surface area contributed by atoms with Gasteiger partial charge in [0.2, 0.25) is 10.0 Å². The van der Waals surface area contributed by atoms with Crippen LogP contribution < -0.4 is 9.46 Å². The number of rotatable bonds is 7. The molecule has 7 heteroatoms. The van der Waals surface area contributed by atoms with Gasteiger partial charge in [0.05, 0.1) is 25.0 Å². The normalized spacial score (nSPS) is 10.9. The summed E-state index contributed by atoms with van der Waals surface area (Å²) in [4.78, 5) is 11.4. The summed E-state index contributed by atoms with van der Waals surface area (Å²) >= 11 is 0. The van der Waals surface area contributed by atoms with Gasteiger partial charge in [-0.15, -0.1) is 0 Å². The maximum absolute atomic E-state index is 12.2. The molecular weight excluding hydrogens is 330 g/mol. The molecule has 24 heavy (non-hydrogen) atoms. The van der Waals surface area contributed by atoms with Crippen molar-refractivity contribution in [3.8, 4) is 5.75 Å². The Kier molecular flexibility index (Phi) is 5.81. The number of sulfonamides is 1. The third kappa shape index (κ3) is 4.99. The van der Waals surface area contributed by atoms with Gasteiger partial charge in [-0.05, 0) is 48.9 Å². The molecule has 0 aliphatic rings. The summed E-state index contributed by atoms with van der Waals surface area (Å²) in [6, 6.07) is 12.9. The van der Waals surface area contributed by atoms with Crippen molar-refractivity contribution in [1.82, 2.24) is 0 Å². The smallest absolute Gasteiger partial charge is 0.337 e. The first-order chi connectivity index (χ1) is 11.4. The van der Waals surface area contributed by atoms with Gasteiger partial charge in [-0.2, -0.15) is 0 Å². The third-order valence-electron chi connectivity index (χ3n) is 3.17. The predicted molar refractivity (Wildman–Crippen MR) is 91.6 cm³/mol. The van der Waals surface area contributed by atoms with Crippen LogP contribution in [0.15, 0.2) is 48.5 Å². The van der Waals surface area contributed by atoms with E-state index in [4.69, 9.17) is 4.74 Å². The molecule has 0 fully saturated rings. The minimum Gasteiger partial charge on any atom is -0.494 e. The van der Waals surface area contributed by atoms with Gasteiger partial charge in [-0.1, -0.05) is 12.1 Å². The Morgan fingerprint density at radius 1 is 1.04 bits per heavy atom. The van der Waals surface area contributed by atoms with E-state index in [9.17, 15) is 13.2 Å². The molecule has 2 rings (SSSR count). The van der Waals surface area contributed by atoms with Crippen LogP contribution >= 0.6 is 0 Å². The number of methoxy groups -OCH3 is 1. The Bertz CT molecular complexity index is 783. The quantitative estimate of drug-likeness (QED) is 0.777. The Balaban J connectivity index is 2.03. The lowest BCUT2D eigenvalue weighted by atomic mass is 10.1. The van der Waals surface area contributed by atoms with Gasteiger partial charge in [0, 0.05) is 5.69 Å². The molecule has 0 atom stereocenters. The molecule has 0 bridgehead atoms. The van der Waals surface area contributed by atoms with Gasteiger partial charge >= 0.3 is 5.97 Å². The molecule has 0 amide bonds. The largest absolute Gasteiger partial charge is 0.494 e. The van der Waals surface area contributed by atoms with Crippen molar-refractivity contribution in [3.63, 3.8) is 0 Å². The average molecular weight is 349 g/mol. The zero-order valence-corrected chi connectivity index (χ0v) is 14.3. The van der Waals surface area contributed by atoms with Crippen molar-refractivity contribution >= 4 is 21.7 Å². The number of hydrogen-bond donors (Lipinski definition) is 1. The van der Waals surface area contributed by atoms with E-state index in [-0.39, 0.29) is 5.75 Å². The number of carbonyl (C=O) groups is 1. The van der Waals surface area contributed by atoms with E-state index in [1.807, 2.05) is 6.92 Å². The molecule has 0 spiro atoms. The first kappa shape index (κ1) is 17.8. The monoisotopic (exact) mass is 349 g/mol. The first-order valence-corrected chi connectivity index (χ1v) is 8.99. The summed E-state index contributed by atoms with van der Waals surface area (Å²) in [5.74, 6) is 0.0255. The molecule has 2 aromatic carbocycles. The fourth-order valence-corrected chi connectivity index (χ4v) is 3.27. The van der Waals surface area contributed by atoms with Gasteiger partial charge in [0.1, 0.15) is 5.75 Å². The van der Waals surface area contributed by atoms with E-state index in [0.29, 0.717) is 29.2 Å². The maximum Gasteiger partial charge on any atom is 0.337 e. The Hall–Kier alpha value is -2.54. The fraction of sp³-hybridized carbons (Fsp3) is 0.235. The second-order valence-corrected chi connectivity index (χ2v) is 6.73. The molecular formula is C17H19NO5S. The van der Waals surface area contributed by atoms with Crippen molar-refractivity contribution in [3.05, 3.63) is 59.7 Å². The number of nitrogens with one attached hydrogen (secondary N) is 1. The summed E-state index contributed by atoms with van der Waals surface area (Å²) in [7, 11) is -2.27. The van der Waals surface area contributed by atoms with E-state index in [2.05, 4.69) is 9.46 Å². The zero-order valence-electron chi connectivity index (χ0n) is 13.5. The molecule has 6 nitrogen and oxygen atoms in total. The number of anilines is 1. The van der Waals surface area contributed by atoms with Crippen LogP contribution in [0.25, 0.3) is 0 Å². The van der Waals surface area contributed by atoms with Crippen LogP contribution in [0.4, 0.5) is 5.69 Å². The molecule has 0 unspecified atom stereocenters. The molecule has 2 aromatic rings. The summed E-state index contributed by atoms with van der Waals surface area (Å²) in [6.45, 7) is 2.43. The first-order valence-electron chi connectivity index (χ1n) is 7.34. The Morgan fingerprint density at radius 2 is 1.67 bits per heavy atom. The SMILES string of the molecule is CCOc1ccc(NS(=O)(=O)Cc2ccc(C(=O)OC)cc2)cc1. The van der Waals surface area contributed by atoms with Crippen molar-refractivity contribution in [1.29, 1.82) is 0 Å². The molecule has 0 aromatic heterocycles. The highest BCUT2D eigenvalue weighted by Crippen LogP contribution is 2.18. The Labute approximate surface area is 141 Å². The van der Waals surface area contributed by atoms with Gasteiger partial charge < -0.3 is 9.47 Å². The highest BCUT2D eigenvalue weighted by atomic mass is 32.2. The van der Waals surface area contributed by atoms with E-state index in [0.717, 1.165) is 0 Å². The van der Waals surface area contributed by atoms with E-state index in [1.165, 1.54) is 19.2 Å². The molecule has 0 aliphatic heterocycles. The van der Waals surface area contributed by atoms with Crippen LogP contribution in [-0.4, -0.2) is 28.1 Å². The lowest BCUT2D eigenvalue weighted by Gasteiger charge is -2.09. The maximum atomic E-state index is 12.2. The molecule has 0 saturated carbocycles. The fourth-order valence-electron chi connectivity index (χ4n) is 2.08. The van der Waals surface area contributed by atoms with E-state index >= 15 is 0 Å². The summed E-state index contributed by atoms with van der Waals surface area (Å²) < 4.78 is 36.9. The molecule has 128 valence electrons. The molecule has 0 aliphatic carbocycles. The van der Waals surface area contributed by atoms with E-state index < -0.39 is 16.0 Å². The lowest BCUT2D eigenvalue weighted by Crippen LogP contribution is -2.15. The number of ether oxygens (including phenoxy) is 2. The number of carbonyl (C=O) groups excluding carboxylic acids is 1. The lowest BCUT2D eigenvalue weighted by molar-refractivity contribution is 0.0600. The minimum atomic E-state index is -3.56. The summed E-state index contributed by atoms with van der Waals surface area (Å²) in [5, 5.41) is 0. The van der Waals surface area contributed by atoms with Crippen LogP contribution in [0, 0.1) is 0 Å². The number of esters is 1. The van der Waals surface area contributed by atoms with Crippen molar-refractivity contribution in [2.45, 2.75) is 12.7 Å². The van der Waals surface area contributed by atoms with Crippen LogP contribution in [0.5, 0.6) is 5.75 Å². The van der Waals surface area contributed by atoms with Crippen LogP contribution in [0.3, 0.4) is 0 Å². The highest BCUT2D eigenvalue weighted by Gasteiger charge is 2.13. The van der Waals surface area contributed by atoms with Crippen LogP contribution in [0.1, 0.15) is 22.8 Å². The standard InChI is InChI=1S/C17H19NO5S/c1-3-23-16-10-8-15(9-11-16)18-24(20,21)12-13-4-6-14(7-5-13)17(19)22-2/h4-11,18H,3,12H2,1-2H3. The van der Waals surface area contributed by atoms with Gasteiger partial charge in [0.15, 0.2) is 0 Å².